The van der Waals surface area contributed by atoms with Crippen LogP contribution in [-0.4, -0.2) is 29.3 Å². The van der Waals surface area contributed by atoms with Crippen LogP contribution in [0.1, 0.15) is 10.4 Å². The van der Waals surface area contributed by atoms with Crippen LogP contribution in [0.15, 0.2) is 24.7 Å². The number of rotatable bonds is 4. The van der Waals surface area contributed by atoms with Gasteiger partial charge in [0.1, 0.15) is 10.5 Å². The van der Waals surface area contributed by atoms with Crippen LogP contribution in [0.25, 0.3) is 0 Å². The van der Waals surface area contributed by atoms with Crippen molar-refractivity contribution in [1.29, 1.82) is 0 Å². The van der Waals surface area contributed by atoms with E-state index in [9.17, 15) is 13.2 Å². The van der Waals surface area contributed by atoms with Gasteiger partial charge in [0, 0.05) is 7.05 Å². The molecule has 0 spiro atoms. The van der Waals surface area contributed by atoms with Crippen molar-refractivity contribution < 1.29 is 18.3 Å². The topological polar surface area (TPSA) is 101 Å². The van der Waals surface area contributed by atoms with E-state index in [4.69, 9.17) is 5.11 Å². The molecule has 2 N–H and O–H groups in total. The van der Waals surface area contributed by atoms with Crippen LogP contribution in [0.2, 0.25) is 0 Å². The lowest BCUT2D eigenvalue weighted by Gasteiger charge is -2.08. The summed E-state index contributed by atoms with van der Waals surface area (Å²) in [6.45, 7) is 0. The fourth-order valence-electron chi connectivity index (χ4n) is 1.41. The molecule has 2 rings (SSSR count). The summed E-state index contributed by atoms with van der Waals surface area (Å²) in [7, 11) is -2.46. The molecular formula is C9H7Br2N3O4S2. The highest BCUT2D eigenvalue weighted by atomic mass is 79.9. The third-order valence-electron chi connectivity index (χ3n) is 2.32. The van der Waals surface area contributed by atoms with Crippen LogP contribution in [0.4, 0.5) is 5.82 Å². The number of halogens is 2. The molecule has 0 fully saturated rings. The van der Waals surface area contributed by atoms with E-state index >= 15 is 0 Å². The molecule has 0 saturated heterocycles. The van der Waals surface area contributed by atoms with Crippen LogP contribution in [0.5, 0.6) is 0 Å². The highest BCUT2D eigenvalue weighted by molar-refractivity contribution is 9.12. The summed E-state index contributed by atoms with van der Waals surface area (Å²) in [6.07, 6.45) is 1.08. The molecule has 2 aromatic heterocycles. The first-order chi connectivity index (χ1) is 9.22. The fraction of sp³-hybridized carbons (Fsp3) is 0.111. The van der Waals surface area contributed by atoms with Crippen molar-refractivity contribution in [1.82, 2.24) is 9.78 Å². The number of carboxylic acids is 1. The number of nitrogens with zero attached hydrogens (tertiary/aromatic N) is 2. The number of aromatic carboxylic acids is 1. The van der Waals surface area contributed by atoms with E-state index in [1.807, 2.05) is 0 Å². The zero-order valence-corrected chi connectivity index (χ0v) is 14.6. The number of thiophene rings is 1. The van der Waals surface area contributed by atoms with Crippen molar-refractivity contribution in [2.75, 3.05) is 4.72 Å². The Balaban J connectivity index is 2.46. The van der Waals surface area contributed by atoms with Crippen molar-refractivity contribution in [3.8, 4) is 0 Å². The van der Waals surface area contributed by atoms with Gasteiger partial charge in [0.2, 0.25) is 0 Å². The monoisotopic (exact) mass is 443 g/mol. The molecule has 0 bridgehead atoms. The second-order valence-corrected chi connectivity index (χ2v) is 9.03. The summed E-state index contributed by atoms with van der Waals surface area (Å²) in [5.41, 5.74) is -0.221. The number of sulfonamides is 1. The van der Waals surface area contributed by atoms with Gasteiger partial charge < -0.3 is 5.11 Å². The summed E-state index contributed by atoms with van der Waals surface area (Å²) in [5.74, 6) is -1.37. The normalized spacial score (nSPS) is 11.6. The molecule has 0 aliphatic heterocycles. The number of carbonyl (C=O) groups is 1. The molecule has 0 radical (unpaired) electrons. The number of aryl methyl sites for hydroxylation is 1. The van der Waals surface area contributed by atoms with Crippen LogP contribution in [0.3, 0.4) is 0 Å². The molecule has 0 saturated carbocycles. The quantitative estimate of drug-likeness (QED) is 0.754. The van der Waals surface area contributed by atoms with Crippen molar-refractivity contribution in [2.24, 2.45) is 7.05 Å². The Hall–Kier alpha value is -0.910. The van der Waals surface area contributed by atoms with Gasteiger partial charge in [-0.3, -0.25) is 9.40 Å². The highest BCUT2D eigenvalue weighted by Crippen LogP contribution is 2.35. The summed E-state index contributed by atoms with van der Waals surface area (Å²) in [5, 5.41) is 12.7. The number of aromatic nitrogens is 2. The molecular weight excluding hydrogens is 438 g/mol. The second-order valence-electron chi connectivity index (χ2n) is 3.63. The summed E-state index contributed by atoms with van der Waals surface area (Å²) >= 11 is 7.54. The third-order valence-corrected chi connectivity index (χ3v) is 6.41. The minimum atomic E-state index is -3.91. The Bertz CT molecular complexity index is 781. The van der Waals surface area contributed by atoms with Gasteiger partial charge in [-0.05, 0) is 37.9 Å². The lowest BCUT2D eigenvalue weighted by Crippen LogP contribution is -2.17. The van der Waals surface area contributed by atoms with Crippen LogP contribution < -0.4 is 4.72 Å². The van der Waals surface area contributed by atoms with Crippen molar-refractivity contribution in [2.45, 2.75) is 4.90 Å². The first-order valence-electron chi connectivity index (χ1n) is 4.95. The summed E-state index contributed by atoms with van der Waals surface area (Å²) in [4.78, 5) is 11.0. The van der Waals surface area contributed by atoms with Gasteiger partial charge >= 0.3 is 5.97 Å². The Morgan fingerprint density at radius 2 is 2.15 bits per heavy atom. The molecule has 0 atom stereocenters. The van der Waals surface area contributed by atoms with Crippen LogP contribution in [-0.2, 0) is 17.1 Å². The smallest absolute Gasteiger partial charge is 0.341 e. The van der Waals surface area contributed by atoms with Gasteiger partial charge in [-0.15, -0.1) is 11.3 Å². The van der Waals surface area contributed by atoms with E-state index in [0.717, 1.165) is 10.9 Å². The van der Waals surface area contributed by atoms with E-state index in [-0.39, 0.29) is 16.3 Å². The predicted molar refractivity (Wildman–Crippen MR) is 80.7 cm³/mol. The Morgan fingerprint density at radius 3 is 2.65 bits per heavy atom. The standard InChI is InChI=1S/C9H7Br2N3O4S2/c1-14-8(4(3-12-14)9(15)16)13-20(17,18)5-2-6(10)19-7(5)11/h2-3,13H,1H3,(H,15,16). The van der Waals surface area contributed by atoms with E-state index in [2.05, 4.69) is 41.7 Å². The average Bonchev–Trinajstić information content (AvgIpc) is 2.83. The predicted octanol–water partition coefficient (Wildman–Crippen LogP) is 2.51. The van der Waals surface area contributed by atoms with E-state index in [1.165, 1.54) is 24.5 Å². The minimum Gasteiger partial charge on any atom is -0.477 e. The van der Waals surface area contributed by atoms with Crippen LogP contribution >= 0.6 is 43.2 Å². The Morgan fingerprint density at radius 1 is 1.50 bits per heavy atom. The van der Waals surface area contributed by atoms with E-state index in [0.29, 0.717) is 7.57 Å². The van der Waals surface area contributed by atoms with Gasteiger partial charge in [-0.25, -0.2) is 13.2 Å². The lowest BCUT2D eigenvalue weighted by atomic mass is 10.3. The van der Waals surface area contributed by atoms with E-state index in [1.54, 1.807) is 0 Å². The summed E-state index contributed by atoms with van der Waals surface area (Å²) < 4.78 is 29.0. The number of nitrogens with one attached hydrogen (secondary N) is 1. The number of anilines is 1. The minimum absolute atomic E-state index is 0.0203. The zero-order valence-electron chi connectivity index (χ0n) is 9.79. The van der Waals surface area contributed by atoms with Crippen molar-refractivity contribution in [3.05, 3.63) is 25.4 Å². The molecule has 7 nitrogen and oxygen atoms in total. The number of hydrogen-bond acceptors (Lipinski definition) is 5. The van der Waals surface area contributed by atoms with Gasteiger partial charge in [0.15, 0.2) is 5.82 Å². The van der Waals surface area contributed by atoms with Gasteiger partial charge in [0.05, 0.1) is 13.8 Å². The average molecular weight is 445 g/mol. The molecule has 0 amide bonds. The zero-order chi connectivity index (χ0) is 15.1. The first-order valence-corrected chi connectivity index (χ1v) is 8.84. The molecule has 0 aromatic carbocycles. The highest BCUT2D eigenvalue weighted by Gasteiger charge is 2.25. The molecule has 20 heavy (non-hydrogen) atoms. The van der Waals surface area contributed by atoms with Crippen LogP contribution in [0, 0.1) is 0 Å². The van der Waals surface area contributed by atoms with Crippen molar-refractivity contribution in [3.63, 3.8) is 0 Å². The van der Waals surface area contributed by atoms with Gasteiger partial charge in [0.25, 0.3) is 10.0 Å². The van der Waals surface area contributed by atoms with E-state index < -0.39 is 16.0 Å². The SMILES string of the molecule is Cn1ncc(C(=O)O)c1NS(=O)(=O)c1cc(Br)sc1Br. The second kappa shape index (κ2) is 5.47. The van der Waals surface area contributed by atoms with Gasteiger partial charge in [-0.2, -0.15) is 5.10 Å². The number of carboxylic acid groups (broad SMARTS) is 1. The maximum absolute atomic E-state index is 12.3. The summed E-state index contributed by atoms with van der Waals surface area (Å²) in [6, 6.07) is 1.42. The van der Waals surface area contributed by atoms with Crippen molar-refractivity contribution >= 4 is 65.0 Å². The first kappa shape index (κ1) is 15.5. The number of hydrogen-bond donors (Lipinski definition) is 2. The molecule has 11 heteroatoms. The Labute approximate surface area is 134 Å². The lowest BCUT2D eigenvalue weighted by molar-refractivity contribution is 0.0698. The molecule has 2 heterocycles. The fourth-order valence-corrected chi connectivity index (χ4v) is 6.33. The maximum atomic E-state index is 12.3. The van der Waals surface area contributed by atoms with Gasteiger partial charge in [-0.1, -0.05) is 0 Å². The molecule has 0 aliphatic carbocycles. The molecule has 2 aromatic rings. The molecule has 0 aliphatic rings. The molecule has 0 unspecified atom stereocenters. The third kappa shape index (κ3) is 2.90. The Kier molecular flexibility index (Phi) is 4.23. The largest absolute Gasteiger partial charge is 0.477 e. The molecule has 108 valence electrons. The maximum Gasteiger partial charge on any atom is 0.341 e.